The van der Waals surface area contributed by atoms with Gasteiger partial charge in [0.1, 0.15) is 0 Å². The minimum atomic E-state index is -4.45. The maximum absolute atomic E-state index is 12.6. The number of nitrogens with zero attached hydrogens (tertiary/aromatic N) is 2. The van der Waals surface area contributed by atoms with Gasteiger partial charge in [0, 0.05) is 24.8 Å². The van der Waals surface area contributed by atoms with E-state index in [0.717, 1.165) is 16.6 Å². The van der Waals surface area contributed by atoms with E-state index in [4.69, 9.17) is 0 Å². The average Bonchev–Trinajstić information content (AvgIpc) is 2.88. The number of alkyl halides is 3. The molecule has 0 fully saturated rings. The number of rotatable bonds is 5. The summed E-state index contributed by atoms with van der Waals surface area (Å²) in [4.78, 5) is 11.8. The van der Waals surface area contributed by atoms with Crippen molar-refractivity contribution < 1.29 is 18.0 Å². The summed E-state index contributed by atoms with van der Waals surface area (Å²) < 4.78 is 40.3. The predicted octanol–water partition coefficient (Wildman–Crippen LogP) is 3.48. The molecule has 1 N–H and O–H groups in total. The summed E-state index contributed by atoms with van der Waals surface area (Å²) >= 11 is 3.27. The Morgan fingerprint density at radius 1 is 1.36 bits per heavy atom. The van der Waals surface area contributed by atoms with Gasteiger partial charge in [-0.1, -0.05) is 6.07 Å². The molecule has 0 atom stereocenters. The van der Waals surface area contributed by atoms with Crippen LogP contribution in [0.5, 0.6) is 0 Å². The van der Waals surface area contributed by atoms with Crippen molar-refractivity contribution in [2.24, 2.45) is 0 Å². The van der Waals surface area contributed by atoms with Crippen LogP contribution in [0.4, 0.5) is 13.2 Å². The molecule has 0 saturated carbocycles. The highest BCUT2D eigenvalue weighted by molar-refractivity contribution is 9.10. The third kappa shape index (κ3) is 4.59. The van der Waals surface area contributed by atoms with Gasteiger partial charge in [-0.25, -0.2) is 0 Å². The molecule has 1 aromatic heterocycles. The van der Waals surface area contributed by atoms with E-state index in [-0.39, 0.29) is 5.56 Å². The number of halogens is 4. The predicted molar refractivity (Wildman–Crippen MR) is 78.3 cm³/mol. The number of aromatic nitrogens is 2. The molecule has 0 spiro atoms. The Morgan fingerprint density at radius 2 is 2.14 bits per heavy atom. The van der Waals surface area contributed by atoms with Crippen LogP contribution in [0.2, 0.25) is 0 Å². The second-order valence-electron chi connectivity index (χ2n) is 4.61. The fraction of sp³-hybridized carbons (Fsp3) is 0.286. The first kappa shape index (κ1) is 16.5. The molecule has 0 aliphatic rings. The molecule has 0 unspecified atom stereocenters. The fourth-order valence-electron chi connectivity index (χ4n) is 1.84. The molecular weight excluding hydrogens is 363 g/mol. The first-order chi connectivity index (χ1) is 10.4. The Balaban J connectivity index is 1.84. The van der Waals surface area contributed by atoms with Crippen molar-refractivity contribution >= 4 is 21.8 Å². The monoisotopic (exact) mass is 375 g/mol. The lowest BCUT2D eigenvalue weighted by Crippen LogP contribution is -2.25. The highest BCUT2D eigenvalue weighted by Crippen LogP contribution is 2.29. The lowest BCUT2D eigenvalue weighted by atomic mass is 10.1. The number of nitrogens with one attached hydrogen (secondary N) is 1. The number of benzene rings is 1. The largest absolute Gasteiger partial charge is 0.416 e. The zero-order valence-electron chi connectivity index (χ0n) is 11.4. The number of hydrogen-bond acceptors (Lipinski definition) is 2. The minimum Gasteiger partial charge on any atom is -0.352 e. The van der Waals surface area contributed by atoms with Gasteiger partial charge in [-0.15, -0.1) is 0 Å². The Bertz CT molecular complexity index is 655. The molecule has 0 radical (unpaired) electrons. The third-order valence-electron chi connectivity index (χ3n) is 2.90. The van der Waals surface area contributed by atoms with Crippen LogP contribution in [0.1, 0.15) is 22.3 Å². The molecule has 2 aromatic rings. The standard InChI is InChI=1S/C14H13BrF3N3O/c15-12-8-20-21(9-12)6-2-5-19-13(22)10-3-1-4-11(7-10)14(16,17)18/h1,3-4,7-9H,2,5-6H2,(H,19,22). The van der Waals surface area contributed by atoms with Crippen molar-refractivity contribution in [1.29, 1.82) is 0 Å². The molecule has 2 rings (SSSR count). The Hall–Kier alpha value is -1.83. The summed E-state index contributed by atoms with van der Waals surface area (Å²) in [6.07, 6.45) is -0.377. The average molecular weight is 376 g/mol. The second-order valence-corrected chi connectivity index (χ2v) is 5.53. The smallest absolute Gasteiger partial charge is 0.352 e. The Labute approximate surface area is 133 Å². The van der Waals surface area contributed by atoms with E-state index in [2.05, 4.69) is 26.3 Å². The fourth-order valence-corrected chi connectivity index (χ4v) is 2.17. The van der Waals surface area contributed by atoms with Crippen molar-refractivity contribution in [2.45, 2.75) is 19.1 Å². The van der Waals surface area contributed by atoms with Crippen molar-refractivity contribution in [3.8, 4) is 0 Å². The van der Waals surface area contributed by atoms with Gasteiger partial charge in [0.15, 0.2) is 0 Å². The molecule has 0 aliphatic carbocycles. The van der Waals surface area contributed by atoms with Gasteiger partial charge >= 0.3 is 6.18 Å². The Kier molecular flexibility index (Phi) is 5.23. The van der Waals surface area contributed by atoms with Crippen LogP contribution >= 0.6 is 15.9 Å². The first-order valence-electron chi connectivity index (χ1n) is 6.49. The third-order valence-corrected chi connectivity index (χ3v) is 3.31. The topological polar surface area (TPSA) is 46.9 Å². The molecule has 0 bridgehead atoms. The number of aryl methyl sites for hydroxylation is 1. The van der Waals surface area contributed by atoms with Crippen LogP contribution in [0.15, 0.2) is 41.1 Å². The highest BCUT2D eigenvalue weighted by atomic mass is 79.9. The zero-order chi connectivity index (χ0) is 16.2. The van der Waals surface area contributed by atoms with Crippen molar-refractivity contribution in [3.05, 3.63) is 52.3 Å². The lowest BCUT2D eigenvalue weighted by Gasteiger charge is -2.09. The molecule has 4 nitrogen and oxygen atoms in total. The molecule has 22 heavy (non-hydrogen) atoms. The van der Waals surface area contributed by atoms with Gasteiger partial charge in [-0.3, -0.25) is 9.48 Å². The van der Waals surface area contributed by atoms with Crippen LogP contribution in [0.25, 0.3) is 0 Å². The summed E-state index contributed by atoms with van der Waals surface area (Å²) in [7, 11) is 0. The van der Waals surface area contributed by atoms with E-state index >= 15 is 0 Å². The second kappa shape index (κ2) is 6.95. The number of amides is 1. The summed E-state index contributed by atoms with van der Waals surface area (Å²) in [6.45, 7) is 0.959. The van der Waals surface area contributed by atoms with Gasteiger partial charge in [0.05, 0.1) is 16.2 Å². The molecule has 8 heteroatoms. The molecule has 1 heterocycles. The SMILES string of the molecule is O=C(NCCCn1cc(Br)cn1)c1cccc(C(F)(F)F)c1. The maximum atomic E-state index is 12.6. The number of hydrogen-bond donors (Lipinski definition) is 1. The van der Waals surface area contributed by atoms with E-state index in [1.807, 2.05) is 0 Å². The van der Waals surface area contributed by atoms with E-state index in [0.29, 0.717) is 19.5 Å². The van der Waals surface area contributed by atoms with Gasteiger partial charge in [0.25, 0.3) is 5.91 Å². The summed E-state index contributed by atoms with van der Waals surface area (Å²) in [6, 6.07) is 4.36. The van der Waals surface area contributed by atoms with Gasteiger partial charge in [-0.2, -0.15) is 18.3 Å². The zero-order valence-corrected chi connectivity index (χ0v) is 13.0. The molecular formula is C14H13BrF3N3O. The van der Waals surface area contributed by atoms with Crippen LogP contribution < -0.4 is 5.32 Å². The number of carbonyl (C=O) groups excluding carboxylic acids is 1. The normalized spacial score (nSPS) is 11.5. The molecule has 1 aromatic carbocycles. The van der Waals surface area contributed by atoms with Gasteiger partial charge in [-0.05, 0) is 40.5 Å². The van der Waals surface area contributed by atoms with Crippen LogP contribution in [0, 0.1) is 0 Å². The van der Waals surface area contributed by atoms with Crippen LogP contribution in [-0.2, 0) is 12.7 Å². The van der Waals surface area contributed by atoms with Crippen molar-refractivity contribution in [1.82, 2.24) is 15.1 Å². The Morgan fingerprint density at radius 3 is 2.77 bits per heavy atom. The summed E-state index contributed by atoms with van der Waals surface area (Å²) in [5.41, 5.74) is -0.835. The van der Waals surface area contributed by atoms with E-state index < -0.39 is 17.6 Å². The van der Waals surface area contributed by atoms with E-state index in [1.165, 1.54) is 12.1 Å². The molecule has 118 valence electrons. The lowest BCUT2D eigenvalue weighted by molar-refractivity contribution is -0.137. The van der Waals surface area contributed by atoms with E-state index in [9.17, 15) is 18.0 Å². The van der Waals surface area contributed by atoms with Crippen LogP contribution in [-0.4, -0.2) is 22.2 Å². The summed E-state index contributed by atoms with van der Waals surface area (Å²) in [5.74, 6) is -0.521. The van der Waals surface area contributed by atoms with Crippen molar-refractivity contribution in [3.63, 3.8) is 0 Å². The summed E-state index contributed by atoms with van der Waals surface area (Å²) in [5, 5.41) is 6.66. The highest BCUT2D eigenvalue weighted by Gasteiger charge is 2.30. The van der Waals surface area contributed by atoms with Crippen LogP contribution in [0.3, 0.4) is 0 Å². The van der Waals surface area contributed by atoms with Crippen molar-refractivity contribution in [2.75, 3.05) is 6.54 Å². The van der Waals surface area contributed by atoms with E-state index in [1.54, 1.807) is 17.1 Å². The molecule has 0 saturated heterocycles. The molecule has 1 amide bonds. The van der Waals surface area contributed by atoms with Gasteiger partial charge in [0.2, 0.25) is 0 Å². The minimum absolute atomic E-state index is 0.00309. The first-order valence-corrected chi connectivity index (χ1v) is 7.29. The van der Waals surface area contributed by atoms with Gasteiger partial charge < -0.3 is 5.32 Å². The quantitative estimate of drug-likeness (QED) is 0.813. The maximum Gasteiger partial charge on any atom is 0.416 e. The number of carbonyl (C=O) groups is 1. The molecule has 0 aliphatic heterocycles.